The molecule has 32 heavy (non-hydrogen) atoms. The number of hydrazone groups is 1. The van der Waals surface area contributed by atoms with E-state index in [0.29, 0.717) is 16.9 Å². The summed E-state index contributed by atoms with van der Waals surface area (Å²) in [5.74, 6) is -0.332. The number of anilines is 1. The van der Waals surface area contributed by atoms with E-state index in [4.69, 9.17) is 10.00 Å². The maximum absolute atomic E-state index is 13.3. The van der Waals surface area contributed by atoms with Crippen LogP contribution in [0.3, 0.4) is 0 Å². The summed E-state index contributed by atoms with van der Waals surface area (Å²) in [6, 6.07) is 23.0. The molecule has 162 valence electrons. The number of para-hydroxylation sites is 2. The summed E-state index contributed by atoms with van der Waals surface area (Å²) in [6.45, 7) is -0.512. The number of nitrogens with zero attached hydrogens (tertiary/aromatic N) is 3. The molecule has 0 spiro atoms. The lowest BCUT2D eigenvalue weighted by atomic mass is 10.2. The van der Waals surface area contributed by atoms with Gasteiger partial charge < -0.3 is 4.74 Å². The number of hydrogen-bond acceptors (Lipinski definition) is 6. The first-order valence-electron chi connectivity index (χ1n) is 9.48. The van der Waals surface area contributed by atoms with E-state index >= 15 is 0 Å². The third-order valence-corrected chi connectivity index (χ3v) is 6.19. The Kier molecular flexibility index (Phi) is 7.21. The second kappa shape index (κ2) is 10.2. The van der Waals surface area contributed by atoms with Gasteiger partial charge in [0.1, 0.15) is 12.3 Å². The number of amides is 1. The van der Waals surface area contributed by atoms with Gasteiger partial charge in [-0.1, -0.05) is 42.5 Å². The van der Waals surface area contributed by atoms with Crippen LogP contribution < -0.4 is 14.5 Å². The van der Waals surface area contributed by atoms with Crippen LogP contribution in [0.25, 0.3) is 0 Å². The van der Waals surface area contributed by atoms with Gasteiger partial charge >= 0.3 is 0 Å². The Bertz CT molecular complexity index is 1250. The SMILES string of the molecule is COc1ccccc1N(CC(=O)N/N=C/c1ccc(C#N)cc1)S(=O)(=O)c1ccccc1. The van der Waals surface area contributed by atoms with Crippen LogP contribution in [0.5, 0.6) is 5.75 Å². The van der Waals surface area contributed by atoms with Crippen LogP contribution in [0.4, 0.5) is 5.69 Å². The van der Waals surface area contributed by atoms with Gasteiger partial charge in [-0.2, -0.15) is 10.4 Å². The predicted octanol–water partition coefficient (Wildman–Crippen LogP) is 2.91. The first-order valence-corrected chi connectivity index (χ1v) is 10.9. The van der Waals surface area contributed by atoms with Gasteiger partial charge in [-0.3, -0.25) is 9.10 Å². The number of sulfonamides is 1. The number of rotatable bonds is 8. The highest BCUT2D eigenvalue weighted by atomic mass is 32.2. The zero-order valence-electron chi connectivity index (χ0n) is 17.2. The van der Waals surface area contributed by atoms with Crippen LogP contribution in [0.2, 0.25) is 0 Å². The van der Waals surface area contributed by atoms with Crippen molar-refractivity contribution in [3.63, 3.8) is 0 Å². The minimum Gasteiger partial charge on any atom is -0.495 e. The fourth-order valence-corrected chi connectivity index (χ4v) is 4.30. The number of ether oxygens (including phenoxy) is 1. The predicted molar refractivity (Wildman–Crippen MR) is 121 cm³/mol. The van der Waals surface area contributed by atoms with Crippen molar-refractivity contribution in [2.24, 2.45) is 5.10 Å². The molecule has 8 nitrogen and oxygen atoms in total. The highest BCUT2D eigenvalue weighted by molar-refractivity contribution is 7.92. The number of methoxy groups -OCH3 is 1. The molecular formula is C23H20N4O4S. The number of nitriles is 1. The maximum Gasteiger partial charge on any atom is 0.264 e. The molecule has 0 heterocycles. The topological polar surface area (TPSA) is 112 Å². The molecule has 0 unspecified atom stereocenters. The van der Waals surface area contributed by atoms with Crippen molar-refractivity contribution in [3.8, 4) is 11.8 Å². The maximum atomic E-state index is 13.3. The van der Waals surface area contributed by atoms with E-state index in [1.165, 1.54) is 25.5 Å². The molecule has 3 aromatic carbocycles. The monoisotopic (exact) mass is 448 g/mol. The highest BCUT2D eigenvalue weighted by Crippen LogP contribution is 2.31. The second-order valence-corrected chi connectivity index (χ2v) is 8.39. The Balaban J connectivity index is 1.84. The summed E-state index contributed by atoms with van der Waals surface area (Å²) in [5.41, 5.74) is 3.74. The van der Waals surface area contributed by atoms with Crippen molar-refractivity contribution in [1.29, 1.82) is 5.26 Å². The zero-order valence-corrected chi connectivity index (χ0v) is 18.0. The van der Waals surface area contributed by atoms with Crippen molar-refractivity contribution in [3.05, 3.63) is 90.0 Å². The quantitative estimate of drug-likeness (QED) is 0.421. The van der Waals surface area contributed by atoms with Gasteiger partial charge in [0.05, 0.1) is 35.5 Å². The molecule has 9 heteroatoms. The molecule has 0 aliphatic carbocycles. The van der Waals surface area contributed by atoms with Crippen LogP contribution in [-0.4, -0.2) is 34.2 Å². The molecule has 3 rings (SSSR count). The minimum absolute atomic E-state index is 0.0415. The average Bonchev–Trinajstić information content (AvgIpc) is 2.83. The molecule has 1 amide bonds. The van der Waals surface area contributed by atoms with Crippen LogP contribution in [0.15, 0.2) is 88.9 Å². The van der Waals surface area contributed by atoms with Crippen LogP contribution in [-0.2, 0) is 14.8 Å². The smallest absolute Gasteiger partial charge is 0.264 e. The number of carbonyl (C=O) groups excluding carboxylic acids is 1. The van der Waals surface area contributed by atoms with E-state index in [9.17, 15) is 13.2 Å². The largest absolute Gasteiger partial charge is 0.495 e. The Morgan fingerprint density at radius 2 is 1.72 bits per heavy atom. The number of benzene rings is 3. The summed E-state index contributed by atoms with van der Waals surface area (Å²) < 4.78 is 32.9. The van der Waals surface area contributed by atoms with E-state index in [0.717, 1.165) is 4.31 Å². The number of hydrogen-bond donors (Lipinski definition) is 1. The molecule has 0 saturated heterocycles. The molecule has 0 aliphatic rings. The van der Waals surface area contributed by atoms with E-state index < -0.39 is 22.5 Å². The van der Waals surface area contributed by atoms with E-state index in [-0.39, 0.29) is 10.6 Å². The lowest BCUT2D eigenvalue weighted by Crippen LogP contribution is -2.39. The molecule has 0 aromatic heterocycles. The van der Waals surface area contributed by atoms with Crippen molar-refractivity contribution in [2.45, 2.75) is 4.90 Å². The summed E-state index contributed by atoms with van der Waals surface area (Å²) in [6.07, 6.45) is 1.40. The Morgan fingerprint density at radius 1 is 1.06 bits per heavy atom. The molecule has 0 atom stereocenters. The molecular weight excluding hydrogens is 428 g/mol. The Morgan fingerprint density at radius 3 is 2.38 bits per heavy atom. The summed E-state index contributed by atoms with van der Waals surface area (Å²) in [5, 5.41) is 12.7. The summed E-state index contributed by atoms with van der Waals surface area (Å²) in [7, 11) is -2.63. The van der Waals surface area contributed by atoms with Gasteiger partial charge in [0.2, 0.25) is 0 Å². The Hall–Kier alpha value is -4.16. The molecule has 0 fully saturated rings. The van der Waals surface area contributed by atoms with Gasteiger partial charge in [-0.05, 0) is 42.0 Å². The van der Waals surface area contributed by atoms with Gasteiger partial charge in [0.15, 0.2) is 0 Å². The highest BCUT2D eigenvalue weighted by Gasteiger charge is 2.29. The third kappa shape index (κ3) is 5.30. The second-order valence-electron chi connectivity index (χ2n) is 6.52. The average molecular weight is 449 g/mol. The zero-order chi connectivity index (χ0) is 23.0. The van der Waals surface area contributed by atoms with Crippen LogP contribution in [0.1, 0.15) is 11.1 Å². The van der Waals surface area contributed by atoms with Gasteiger partial charge in [0.25, 0.3) is 15.9 Å². The first kappa shape index (κ1) is 22.5. The third-order valence-electron chi connectivity index (χ3n) is 4.41. The van der Waals surface area contributed by atoms with E-state index in [2.05, 4.69) is 10.5 Å². The Labute approximate surface area is 186 Å². The van der Waals surface area contributed by atoms with E-state index in [1.54, 1.807) is 66.7 Å². The van der Waals surface area contributed by atoms with Gasteiger partial charge in [-0.25, -0.2) is 13.8 Å². The van der Waals surface area contributed by atoms with Crippen LogP contribution in [0, 0.1) is 11.3 Å². The minimum atomic E-state index is -4.06. The summed E-state index contributed by atoms with van der Waals surface area (Å²) >= 11 is 0. The van der Waals surface area contributed by atoms with Crippen molar-refractivity contribution < 1.29 is 17.9 Å². The molecule has 3 aromatic rings. The van der Waals surface area contributed by atoms with Gasteiger partial charge in [0, 0.05) is 0 Å². The lowest BCUT2D eigenvalue weighted by molar-refractivity contribution is -0.119. The standard InChI is InChI=1S/C23H20N4O4S/c1-31-22-10-6-5-9-21(22)27(32(29,30)20-7-3-2-4-8-20)17-23(28)26-25-16-19-13-11-18(15-24)12-14-19/h2-14,16H,17H2,1H3,(H,26,28)/b25-16+. The van der Waals surface area contributed by atoms with Gasteiger partial charge in [-0.15, -0.1) is 0 Å². The number of nitrogens with one attached hydrogen (secondary N) is 1. The van der Waals surface area contributed by atoms with Crippen molar-refractivity contribution >= 4 is 27.8 Å². The molecule has 1 N–H and O–H groups in total. The molecule has 0 bridgehead atoms. The lowest BCUT2D eigenvalue weighted by Gasteiger charge is -2.25. The number of carbonyl (C=O) groups is 1. The fraction of sp³-hybridized carbons (Fsp3) is 0.0870. The van der Waals surface area contributed by atoms with Crippen molar-refractivity contribution in [2.75, 3.05) is 18.0 Å². The van der Waals surface area contributed by atoms with Crippen molar-refractivity contribution in [1.82, 2.24) is 5.43 Å². The fourth-order valence-electron chi connectivity index (χ4n) is 2.84. The molecule has 0 radical (unpaired) electrons. The normalized spacial score (nSPS) is 11.0. The molecule has 0 saturated carbocycles. The summed E-state index contributed by atoms with van der Waals surface area (Å²) in [4.78, 5) is 12.6. The van der Waals surface area contributed by atoms with Crippen LogP contribution >= 0.6 is 0 Å². The van der Waals surface area contributed by atoms with E-state index in [1.807, 2.05) is 6.07 Å². The first-order chi connectivity index (χ1) is 15.5. The molecule has 0 aliphatic heterocycles.